The van der Waals surface area contributed by atoms with Crippen molar-refractivity contribution in [1.29, 1.82) is 0 Å². The third kappa shape index (κ3) is 2.66. The lowest BCUT2D eigenvalue weighted by Gasteiger charge is -2.26. The molecule has 0 bridgehead atoms. The maximum absolute atomic E-state index is 12.5. The Hall–Kier alpha value is -2.22. The normalized spacial score (nSPS) is 15.8. The van der Waals surface area contributed by atoms with E-state index in [0.717, 1.165) is 37.4 Å². The van der Waals surface area contributed by atoms with Gasteiger partial charge in [0.1, 0.15) is 0 Å². The molecule has 0 amide bonds. The number of aromatic nitrogens is 3. The molecule has 0 atom stereocenters. The van der Waals surface area contributed by atoms with E-state index in [0.29, 0.717) is 0 Å². The van der Waals surface area contributed by atoms with Gasteiger partial charge in [-0.05, 0) is 12.1 Å². The van der Waals surface area contributed by atoms with Crippen molar-refractivity contribution in [1.82, 2.24) is 20.3 Å². The fourth-order valence-electron chi connectivity index (χ4n) is 1.98. The number of hydrogen-bond donors (Lipinski definition) is 1. The Balaban J connectivity index is 1.79. The summed E-state index contributed by atoms with van der Waals surface area (Å²) in [6.45, 7) is 1.52. The molecule has 1 aliphatic heterocycles. The second-order valence-corrected chi connectivity index (χ2v) is 4.80. The quantitative estimate of drug-likeness (QED) is 0.875. The minimum atomic E-state index is -4.41. The number of alkyl halides is 3. The lowest BCUT2D eigenvalue weighted by molar-refractivity contribution is -0.137. The minimum Gasteiger partial charge on any atom is -0.312 e. The van der Waals surface area contributed by atoms with E-state index in [1.165, 1.54) is 6.20 Å². The van der Waals surface area contributed by atoms with Gasteiger partial charge in [0.25, 0.3) is 0 Å². The van der Waals surface area contributed by atoms with Crippen LogP contribution in [0.4, 0.5) is 13.2 Å². The Labute approximate surface area is 117 Å². The number of carbonyl (C=O) groups excluding carboxylic acids is 1. The summed E-state index contributed by atoms with van der Waals surface area (Å²) in [7, 11) is 0. The Morgan fingerprint density at radius 3 is 2.43 bits per heavy atom. The van der Waals surface area contributed by atoms with Crippen LogP contribution in [0.25, 0.3) is 0 Å². The molecule has 2 heterocycles. The van der Waals surface area contributed by atoms with Crippen molar-refractivity contribution < 1.29 is 18.0 Å². The Morgan fingerprint density at radius 2 is 1.90 bits per heavy atom. The van der Waals surface area contributed by atoms with Crippen molar-refractivity contribution in [3.63, 3.8) is 0 Å². The minimum absolute atomic E-state index is 0.127. The summed E-state index contributed by atoms with van der Waals surface area (Å²) >= 11 is 0. The Bertz CT molecular complexity index is 659. The van der Waals surface area contributed by atoms with Gasteiger partial charge in [-0.2, -0.15) is 13.2 Å². The molecule has 0 aliphatic carbocycles. The van der Waals surface area contributed by atoms with Gasteiger partial charge in [-0.1, -0.05) is 17.3 Å². The highest BCUT2D eigenvalue weighted by molar-refractivity contribution is 6.07. The van der Waals surface area contributed by atoms with Crippen LogP contribution < -0.4 is 5.32 Å². The van der Waals surface area contributed by atoms with Gasteiger partial charge in [-0.25, -0.2) is 4.68 Å². The highest BCUT2D eigenvalue weighted by Gasteiger charge is 2.30. The molecule has 2 aromatic rings. The average molecular weight is 296 g/mol. The number of hydrogen-bond acceptors (Lipinski definition) is 4. The number of carbonyl (C=O) groups is 1. The van der Waals surface area contributed by atoms with Crippen molar-refractivity contribution in [2.24, 2.45) is 0 Å². The highest BCUT2D eigenvalue weighted by atomic mass is 19.4. The number of benzene rings is 1. The third-order valence-corrected chi connectivity index (χ3v) is 3.35. The first kappa shape index (κ1) is 13.7. The van der Waals surface area contributed by atoms with Crippen LogP contribution in [0.5, 0.6) is 0 Å². The van der Waals surface area contributed by atoms with Gasteiger partial charge in [0.05, 0.1) is 17.8 Å². The zero-order chi connectivity index (χ0) is 15.0. The summed E-state index contributed by atoms with van der Waals surface area (Å²) in [5.74, 6) is -0.442. The second kappa shape index (κ2) is 4.96. The van der Waals surface area contributed by atoms with Crippen molar-refractivity contribution in [2.45, 2.75) is 12.2 Å². The zero-order valence-electron chi connectivity index (χ0n) is 10.8. The molecular weight excluding hydrogens is 285 g/mol. The zero-order valence-corrected chi connectivity index (χ0v) is 10.8. The van der Waals surface area contributed by atoms with E-state index >= 15 is 0 Å². The molecule has 1 saturated heterocycles. The van der Waals surface area contributed by atoms with Crippen LogP contribution in [-0.2, 0) is 6.18 Å². The van der Waals surface area contributed by atoms with Gasteiger partial charge >= 0.3 is 6.18 Å². The molecule has 1 fully saturated rings. The summed E-state index contributed by atoms with van der Waals surface area (Å²) in [5, 5.41) is 10.7. The van der Waals surface area contributed by atoms with E-state index in [1.807, 2.05) is 0 Å². The molecule has 1 aromatic heterocycles. The molecule has 5 nitrogen and oxygen atoms in total. The molecule has 0 spiro atoms. The monoisotopic (exact) mass is 296 g/mol. The molecule has 1 aromatic carbocycles. The number of halogens is 3. The topological polar surface area (TPSA) is 59.8 Å². The van der Waals surface area contributed by atoms with Crippen LogP contribution in [0.1, 0.15) is 27.7 Å². The number of ketones is 1. The molecule has 1 N–H and O–H groups in total. The molecule has 1 aliphatic rings. The van der Waals surface area contributed by atoms with Gasteiger partial charge in [0.15, 0.2) is 5.69 Å². The van der Waals surface area contributed by atoms with Gasteiger partial charge in [0.2, 0.25) is 5.78 Å². The second-order valence-electron chi connectivity index (χ2n) is 4.80. The predicted octanol–water partition coefficient (Wildman–Crippen LogP) is 1.67. The smallest absolute Gasteiger partial charge is 0.312 e. The summed E-state index contributed by atoms with van der Waals surface area (Å²) < 4.78 is 39.0. The van der Waals surface area contributed by atoms with Crippen molar-refractivity contribution >= 4 is 5.78 Å². The Kier molecular flexibility index (Phi) is 3.25. The first-order chi connectivity index (χ1) is 9.95. The largest absolute Gasteiger partial charge is 0.416 e. The summed E-state index contributed by atoms with van der Waals surface area (Å²) in [6, 6.07) is 4.23. The first-order valence-electron chi connectivity index (χ1n) is 6.29. The van der Waals surface area contributed by atoms with Crippen LogP contribution in [0, 0.1) is 0 Å². The van der Waals surface area contributed by atoms with E-state index < -0.39 is 17.5 Å². The fourth-order valence-corrected chi connectivity index (χ4v) is 1.98. The van der Waals surface area contributed by atoms with Crippen LogP contribution in [-0.4, -0.2) is 33.9 Å². The van der Waals surface area contributed by atoms with Gasteiger partial charge in [-0.15, -0.1) is 5.10 Å². The van der Waals surface area contributed by atoms with Gasteiger partial charge in [-0.3, -0.25) is 4.79 Å². The number of nitrogens with one attached hydrogen (secondary N) is 1. The highest BCUT2D eigenvalue weighted by Crippen LogP contribution is 2.29. The lowest BCUT2D eigenvalue weighted by atomic mass is 10.1. The number of rotatable bonds is 3. The van der Waals surface area contributed by atoms with E-state index in [-0.39, 0.29) is 17.3 Å². The molecule has 0 radical (unpaired) electrons. The summed E-state index contributed by atoms with van der Waals surface area (Å²) in [4.78, 5) is 12.1. The van der Waals surface area contributed by atoms with E-state index in [1.54, 1.807) is 4.68 Å². The van der Waals surface area contributed by atoms with Crippen LogP contribution in [0.3, 0.4) is 0 Å². The van der Waals surface area contributed by atoms with Crippen molar-refractivity contribution in [3.05, 3.63) is 47.3 Å². The van der Waals surface area contributed by atoms with Crippen LogP contribution in [0.15, 0.2) is 30.5 Å². The Morgan fingerprint density at radius 1 is 1.24 bits per heavy atom. The first-order valence-corrected chi connectivity index (χ1v) is 6.29. The van der Waals surface area contributed by atoms with E-state index in [9.17, 15) is 18.0 Å². The van der Waals surface area contributed by atoms with Crippen molar-refractivity contribution in [3.8, 4) is 0 Å². The fraction of sp³-hybridized carbons (Fsp3) is 0.308. The summed E-state index contributed by atoms with van der Waals surface area (Å²) in [5.41, 5.74) is -0.508. The SMILES string of the molecule is O=C(c1ccc(C(F)(F)F)cc1)c1cn(C2CNC2)nn1. The van der Waals surface area contributed by atoms with Gasteiger partial charge < -0.3 is 5.32 Å². The summed E-state index contributed by atoms with van der Waals surface area (Å²) in [6.07, 6.45) is -2.90. The standard InChI is InChI=1S/C13H11F3N4O/c14-13(15,16)9-3-1-8(2-4-9)12(21)11-7-20(19-18-11)10-5-17-6-10/h1-4,7,10,17H,5-6H2. The molecular formula is C13H11F3N4O. The van der Waals surface area contributed by atoms with Crippen LogP contribution in [0.2, 0.25) is 0 Å². The average Bonchev–Trinajstić information content (AvgIpc) is 2.84. The maximum atomic E-state index is 12.5. The van der Waals surface area contributed by atoms with E-state index in [4.69, 9.17) is 0 Å². The van der Waals surface area contributed by atoms with Gasteiger partial charge in [0, 0.05) is 18.7 Å². The molecule has 21 heavy (non-hydrogen) atoms. The molecule has 3 rings (SSSR count). The van der Waals surface area contributed by atoms with Crippen molar-refractivity contribution in [2.75, 3.05) is 13.1 Å². The van der Waals surface area contributed by atoms with Crippen LogP contribution >= 0.6 is 0 Å². The maximum Gasteiger partial charge on any atom is 0.416 e. The molecule has 0 unspecified atom stereocenters. The lowest BCUT2D eigenvalue weighted by Crippen LogP contribution is -2.43. The molecule has 8 heteroatoms. The number of nitrogens with zero attached hydrogens (tertiary/aromatic N) is 3. The molecule has 110 valence electrons. The molecule has 0 saturated carbocycles. The predicted molar refractivity (Wildman–Crippen MR) is 66.8 cm³/mol. The van der Waals surface area contributed by atoms with E-state index in [2.05, 4.69) is 15.6 Å². The third-order valence-electron chi connectivity index (χ3n) is 3.35.